The Bertz CT molecular complexity index is 1060. The zero-order valence-electron chi connectivity index (χ0n) is 17.0. The predicted octanol–water partition coefficient (Wildman–Crippen LogP) is 3.72. The van der Waals surface area contributed by atoms with E-state index >= 15 is 0 Å². The molecule has 7 heteroatoms. The van der Waals surface area contributed by atoms with Crippen LogP contribution in [0, 0.1) is 13.8 Å². The highest BCUT2D eigenvalue weighted by Crippen LogP contribution is 2.25. The van der Waals surface area contributed by atoms with E-state index < -0.39 is 11.6 Å². The lowest BCUT2D eigenvalue weighted by molar-refractivity contribution is -0.119. The zero-order chi connectivity index (χ0) is 20.4. The molecule has 0 aliphatic heterocycles. The molecule has 0 radical (unpaired) electrons. The van der Waals surface area contributed by atoms with E-state index in [2.05, 4.69) is 29.4 Å². The second-order valence-corrected chi connectivity index (χ2v) is 6.87. The number of fused-ring (bicyclic) bond motifs is 1. The largest absolute Gasteiger partial charge is 0.360 e. The molecule has 3 rings (SSSR count). The van der Waals surface area contributed by atoms with Gasteiger partial charge in [-0.05, 0) is 44.2 Å². The highest BCUT2D eigenvalue weighted by molar-refractivity contribution is 5.95. The lowest BCUT2D eigenvalue weighted by Crippen LogP contribution is -2.35. The van der Waals surface area contributed by atoms with Gasteiger partial charge in [-0.15, -0.1) is 0 Å². The van der Waals surface area contributed by atoms with E-state index in [1.165, 1.54) is 4.68 Å². The summed E-state index contributed by atoms with van der Waals surface area (Å²) >= 11 is 0. The molecule has 1 aromatic carbocycles. The summed E-state index contributed by atoms with van der Waals surface area (Å²) in [6.07, 6.45) is 2.04. The van der Waals surface area contributed by atoms with Crippen LogP contribution in [0.1, 0.15) is 55.8 Å². The van der Waals surface area contributed by atoms with Crippen molar-refractivity contribution in [3.8, 4) is 0 Å². The lowest BCUT2D eigenvalue weighted by Gasteiger charge is -2.20. The molecule has 1 N–H and O–H groups in total. The fourth-order valence-electron chi connectivity index (χ4n) is 3.60. The Morgan fingerprint density at radius 3 is 2.39 bits per heavy atom. The molecule has 0 spiro atoms. The number of hydrogen-bond donors (Lipinski definition) is 1. The van der Waals surface area contributed by atoms with Gasteiger partial charge in [0.2, 0.25) is 5.91 Å². The first-order valence-corrected chi connectivity index (χ1v) is 9.69. The van der Waals surface area contributed by atoms with E-state index in [9.17, 15) is 9.59 Å². The molecule has 0 aliphatic carbocycles. The highest BCUT2D eigenvalue weighted by Gasteiger charge is 2.25. The average molecular weight is 382 g/mol. The summed E-state index contributed by atoms with van der Waals surface area (Å²) in [6, 6.07) is 5.28. The van der Waals surface area contributed by atoms with E-state index in [4.69, 9.17) is 4.52 Å². The SMILES string of the molecule is CCc1cccc(CC)c1NC(=O)C(CC)n1nc(C)c2c(C)onc2c1=O. The van der Waals surface area contributed by atoms with Crippen LogP contribution in [0.15, 0.2) is 27.5 Å². The van der Waals surface area contributed by atoms with Gasteiger partial charge < -0.3 is 9.84 Å². The van der Waals surface area contributed by atoms with Gasteiger partial charge in [-0.3, -0.25) is 9.59 Å². The number of amides is 1. The molecule has 1 atom stereocenters. The molecule has 0 fully saturated rings. The third kappa shape index (κ3) is 3.32. The smallest absolute Gasteiger partial charge is 0.297 e. The average Bonchev–Trinajstić information content (AvgIpc) is 3.08. The first-order valence-electron chi connectivity index (χ1n) is 9.69. The monoisotopic (exact) mass is 382 g/mol. The van der Waals surface area contributed by atoms with Crippen LogP contribution >= 0.6 is 0 Å². The molecule has 0 saturated carbocycles. The van der Waals surface area contributed by atoms with Crippen molar-refractivity contribution < 1.29 is 9.32 Å². The maximum atomic E-state index is 13.1. The molecule has 1 amide bonds. The van der Waals surface area contributed by atoms with Crippen LogP contribution in [-0.2, 0) is 17.6 Å². The maximum absolute atomic E-state index is 13.1. The number of nitrogens with zero attached hydrogens (tertiary/aromatic N) is 3. The van der Waals surface area contributed by atoms with Crippen LogP contribution in [-0.4, -0.2) is 20.8 Å². The number of carbonyl (C=O) groups excluding carboxylic acids is 1. The van der Waals surface area contributed by atoms with Gasteiger partial charge in [-0.2, -0.15) is 5.10 Å². The molecule has 2 aromatic heterocycles. The number of para-hydroxylation sites is 1. The van der Waals surface area contributed by atoms with Crippen molar-refractivity contribution >= 4 is 22.5 Å². The molecule has 0 saturated heterocycles. The minimum Gasteiger partial charge on any atom is -0.360 e. The van der Waals surface area contributed by atoms with Crippen LogP contribution < -0.4 is 10.9 Å². The van der Waals surface area contributed by atoms with Crippen molar-refractivity contribution in [2.45, 2.75) is 59.9 Å². The van der Waals surface area contributed by atoms with Crippen molar-refractivity contribution in [3.63, 3.8) is 0 Å². The Labute approximate surface area is 163 Å². The fourth-order valence-corrected chi connectivity index (χ4v) is 3.60. The molecule has 1 unspecified atom stereocenters. The second kappa shape index (κ2) is 7.96. The van der Waals surface area contributed by atoms with Gasteiger partial charge in [0, 0.05) is 5.69 Å². The molecule has 2 heterocycles. The zero-order valence-corrected chi connectivity index (χ0v) is 17.0. The number of nitrogens with one attached hydrogen (secondary N) is 1. The van der Waals surface area contributed by atoms with Crippen LogP contribution in [0.25, 0.3) is 10.9 Å². The topological polar surface area (TPSA) is 90.0 Å². The molecule has 0 bridgehead atoms. The minimum atomic E-state index is -0.734. The summed E-state index contributed by atoms with van der Waals surface area (Å²) in [7, 11) is 0. The predicted molar refractivity (Wildman–Crippen MR) is 109 cm³/mol. The van der Waals surface area contributed by atoms with Gasteiger partial charge in [0.15, 0.2) is 5.52 Å². The van der Waals surface area contributed by atoms with Crippen molar-refractivity contribution in [3.05, 3.63) is 51.1 Å². The van der Waals surface area contributed by atoms with Crippen LogP contribution in [0.5, 0.6) is 0 Å². The molecule has 3 aromatic rings. The van der Waals surface area contributed by atoms with Gasteiger partial charge in [0.1, 0.15) is 11.8 Å². The van der Waals surface area contributed by atoms with Crippen LogP contribution in [0.4, 0.5) is 5.69 Å². The molecular formula is C21H26N4O3. The number of aryl methyl sites for hydroxylation is 4. The van der Waals surface area contributed by atoms with E-state index in [-0.39, 0.29) is 11.4 Å². The summed E-state index contributed by atoms with van der Waals surface area (Å²) in [5.74, 6) is 0.290. The van der Waals surface area contributed by atoms with Gasteiger partial charge in [0.05, 0.1) is 11.1 Å². The Morgan fingerprint density at radius 1 is 1.18 bits per heavy atom. The summed E-state index contributed by atoms with van der Waals surface area (Å²) in [4.78, 5) is 26.0. The number of benzene rings is 1. The van der Waals surface area contributed by atoms with Gasteiger partial charge in [0.25, 0.3) is 5.56 Å². The minimum absolute atomic E-state index is 0.208. The van der Waals surface area contributed by atoms with Gasteiger partial charge >= 0.3 is 0 Å². The maximum Gasteiger partial charge on any atom is 0.297 e. The Morgan fingerprint density at radius 2 is 1.82 bits per heavy atom. The van der Waals surface area contributed by atoms with Crippen LogP contribution in [0.3, 0.4) is 0 Å². The van der Waals surface area contributed by atoms with E-state index in [0.717, 1.165) is 29.7 Å². The number of anilines is 1. The van der Waals surface area contributed by atoms with E-state index in [1.54, 1.807) is 13.8 Å². The van der Waals surface area contributed by atoms with Crippen molar-refractivity contribution in [1.29, 1.82) is 0 Å². The van der Waals surface area contributed by atoms with Crippen molar-refractivity contribution in [1.82, 2.24) is 14.9 Å². The van der Waals surface area contributed by atoms with E-state index in [0.29, 0.717) is 23.3 Å². The Hall–Kier alpha value is -2.96. The van der Waals surface area contributed by atoms with Crippen molar-refractivity contribution in [2.75, 3.05) is 5.32 Å². The molecule has 28 heavy (non-hydrogen) atoms. The molecule has 7 nitrogen and oxygen atoms in total. The van der Waals surface area contributed by atoms with E-state index in [1.807, 2.05) is 25.1 Å². The summed E-state index contributed by atoms with van der Waals surface area (Å²) in [6.45, 7) is 9.49. The third-order valence-electron chi connectivity index (χ3n) is 5.12. The number of aromatic nitrogens is 3. The molecular weight excluding hydrogens is 356 g/mol. The molecule has 148 valence electrons. The standard InChI is InChI=1S/C21H26N4O3/c1-6-14-10-9-11-15(7-2)18(14)22-20(26)16(8-3)25-21(27)19-17(12(4)23-25)13(5)28-24-19/h9-11,16H,6-8H2,1-5H3,(H,22,26). The Kier molecular flexibility index (Phi) is 5.63. The summed E-state index contributed by atoms with van der Waals surface area (Å²) in [5.41, 5.74) is 3.38. The normalized spacial score (nSPS) is 12.3. The summed E-state index contributed by atoms with van der Waals surface area (Å²) < 4.78 is 6.39. The molecule has 0 aliphatic rings. The number of rotatable bonds is 6. The number of carbonyl (C=O) groups is 1. The van der Waals surface area contributed by atoms with Crippen molar-refractivity contribution in [2.24, 2.45) is 0 Å². The summed E-state index contributed by atoms with van der Waals surface area (Å²) in [5, 5.41) is 11.9. The second-order valence-electron chi connectivity index (χ2n) is 6.87. The quantitative estimate of drug-likeness (QED) is 0.702. The van der Waals surface area contributed by atoms with Crippen LogP contribution in [0.2, 0.25) is 0 Å². The first-order chi connectivity index (χ1) is 13.4. The fraction of sp³-hybridized carbons (Fsp3) is 0.429. The highest BCUT2D eigenvalue weighted by atomic mass is 16.5. The third-order valence-corrected chi connectivity index (χ3v) is 5.12. The lowest BCUT2D eigenvalue weighted by atomic mass is 10.0. The number of hydrogen-bond acceptors (Lipinski definition) is 5. The Balaban J connectivity index is 2.04. The van der Waals surface area contributed by atoms with Gasteiger partial charge in [-0.1, -0.05) is 44.1 Å². The van der Waals surface area contributed by atoms with Gasteiger partial charge in [-0.25, -0.2) is 4.68 Å². The first kappa shape index (κ1) is 19.8.